The van der Waals surface area contributed by atoms with Gasteiger partial charge in [0.15, 0.2) is 0 Å². The predicted molar refractivity (Wildman–Crippen MR) is 73.8 cm³/mol. The summed E-state index contributed by atoms with van der Waals surface area (Å²) in [4.78, 5) is 0. The Hall–Kier alpha value is -1.36. The van der Waals surface area contributed by atoms with E-state index >= 15 is 0 Å². The Labute approximate surface area is 118 Å². The number of methoxy groups -OCH3 is 2. The molecule has 1 N–H and O–H groups in total. The lowest BCUT2D eigenvalue weighted by atomic mass is 9.90. The Bertz CT molecular complexity index is 446. The monoisotopic (exact) mass is 285 g/mol. The second-order valence-corrected chi connectivity index (χ2v) is 5.10. The van der Waals surface area contributed by atoms with Crippen LogP contribution in [0.15, 0.2) is 12.1 Å². The molecule has 2 rings (SSSR count). The molecule has 0 saturated carbocycles. The van der Waals surface area contributed by atoms with Crippen molar-refractivity contribution in [2.24, 2.45) is 5.92 Å². The number of alkyl halides is 2. The third-order valence-corrected chi connectivity index (χ3v) is 3.84. The van der Waals surface area contributed by atoms with Gasteiger partial charge in [0.2, 0.25) is 0 Å². The molecule has 0 spiro atoms. The molecule has 1 fully saturated rings. The number of hydrogen-bond acceptors (Lipinski definition) is 3. The molecule has 0 bridgehead atoms. The van der Waals surface area contributed by atoms with Crippen molar-refractivity contribution in [1.29, 1.82) is 0 Å². The van der Waals surface area contributed by atoms with Crippen molar-refractivity contribution in [2.75, 3.05) is 27.3 Å². The first-order chi connectivity index (χ1) is 9.65. The third-order valence-electron chi connectivity index (χ3n) is 3.84. The number of piperidine rings is 1. The van der Waals surface area contributed by atoms with E-state index in [4.69, 9.17) is 9.47 Å². The normalized spacial score (nSPS) is 16.4. The van der Waals surface area contributed by atoms with Crippen molar-refractivity contribution in [2.45, 2.75) is 25.7 Å². The van der Waals surface area contributed by atoms with Crippen molar-refractivity contribution in [3.8, 4) is 11.5 Å². The highest BCUT2D eigenvalue weighted by atomic mass is 19.3. The fourth-order valence-electron chi connectivity index (χ4n) is 2.71. The van der Waals surface area contributed by atoms with Crippen molar-refractivity contribution < 1.29 is 18.3 Å². The first kappa shape index (κ1) is 15.0. The van der Waals surface area contributed by atoms with Crippen LogP contribution in [0.25, 0.3) is 0 Å². The van der Waals surface area contributed by atoms with Crippen molar-refractivity contribution in [3.05, 3.63) is 23.3 Å². The first-order valence-corrected chi connectivity index (χ1v) is 6.89. The zero-order chi connectivity index (χ0) is 14.5. The maximum Gasteiger partial charge on any atom is 0.267 e. The van der Waals surface area contributed by atoms with Gasteiger partial charge >= 0.3 is 0 Å². The topological polar surface area (TPSA) is 30.5 Å². The van der Waals surface area contributed by atoms with Crippen molar-refractivity contribution >= 4 is 0 Å². The number of ether oxygens (including phenoxy) is 2. The zero-order valence-corrected chi connectivity index (χ0v) is 11.9. The molecule has 3 nitrogen and oxygen atoms in total. The van der Waals surface area contributed by atoms with Crippen LogP contribution in [-0.2, 0) is 6.42 Å². The molecular weight excluding hydrogens is 264 g/mol. The summed E-state index contributed by atoms with van der Waals surface area (Å²) in [5.41, 5.74) is 0.832. The van der Waals surface area contributed by atoms with Gasteiger partial charge in [-0.2, -0.15) is 0 Å². The van der Waals surface area contributed by atoms with Crippen LogP contribution in [0.1, 0.15) is 30.4 Å². The van der Waals surface area contributed by atoms with E-state index in [1.54, 1.807) is 6.07 Å². The lowest BCUT2D eigenvalue weighted by Crippen LogP contribution is -2.28. The van der Waals surface area contributed by atoms with Crippen molar-refractivity contribution in [3.63, 3.8) is 0 Å². The minimum Gasteiger partial charge on any atom is -0.496 e. The second-order valence-electron chi connectivity index (χ2n) is 5.10. The van der Waals surface area contributed by atoms with E-state index in [1.165, 1.54) is 20.3 Å². The van der Waals surface area contributed by atoms with Gasteiger partial charge in [-0.25, -0.2) is 8.78 Å². The number of nitrogens with one attached hydrogen (secondary N) is 1. The molecule has 20 heavy (non-hydrogen) atoms. The molecule has 0 unspecified atom stereocenters. The van der Waals surface area contributed by atoms with Gasteiger partial charge in [0, 0.05) is 0 Å². The first-order valence-electron chi connectivity index (χ1n) is 6.89. The molecule has 1 heterocycles. The largest absolute Gasteiger partial charge is 0.496 e. The summed E-state index contributed by atoms with van der Waals surface area (Å²) in [6, 6.07) is 3.10. The molecule has 5 heteroatoms. The van der Waals surface area contributed by atoms with Crippen molar-refractivity contribution in [1.82, 2.24) is 5.32 Å². The molecule has 0 aliphatic carbocycles. The average Bonchev–Trinajstić information content (AvgIpc) is 2.47. The van der Waals surface area contributed by atoms with Gasteiger partial charge in [0.25, 0.3) is 6.43 Å². The third kappa shape index (κ3) is 3.39. The molecule has 1 aromatic carbocycles. The Morgan fingerprint density at radius 1 is 1.15 bits per heavy atom. The maximum atomic E-state index is 13.0. The SMILES string of the molecule is COc1cc(C(F)F)c(OC)cc1CC1CCNCC1. The Balaban J connectivity index is 2.26. The van der Waals surface area contributed by atoms with Crippen LogP contribution in [0.4, 0.5) is 8.78 Å². The van der Waals surface area contributed by atoms with E-state index < -0.39 is 6.43 Å². The number of halogens is 2. The summed E-state index contributed by atoms with van der Waals surface area (Å²) >= 11 is 0. The van der Waals surface area contributed by atoms with Gasteiger partial charge in [0.1, 0.15) is 11.5 Å². The molecule has 1 aliphatic heterocycles. The van der Waals surface area contributed by atoms with E-state index in [-0.39, 0.29) is 11.3 Å². The summed E-state index contributed by atoms with van der Waals surface area (Å²) < 4.78 is 36.3. The molecule has 0 amide bonds. The van der Waals surface area contributed by atoms with E-state index in [0.717, 1.165) is 37.9 Å². The van der Waals surface area contributed by atoms with Crippen LogP contribution in [0, 0.1) is 5.92 Å². The minimum atomic E-state index is -2.56. The van der Waals surface area contributed by atoms with Gasteiger partial charge in [-0.1, -0.05) is 0 Å². The van der Waals surface area contributed by atoms with Gasteiger partial charge in [0.05, 0.1) is 19.8 Å². The van der Waals surface area contributed by atoms with Gasteiger partial charge < -0.3 is 14.8 Å². The molecule has 1 aromatic rings. The molecule has 1 saturated heterocycles. The Kier molecular flexibility index (Phi) is 5.17. The average molecular weight is 285 g/mol. The summed E-state index contributed by atoms with van der Waals surface area (Å²) in [7, 11) is 2.94. The van der Waals surface area contributed by atoms with Crippen LogP contribution < -0.4 is 14.8 Å². The van der Waals surface area contributed by atoms with E-state index in [1.807, 2.05) is 0 Å². The molecular formula is C15H21F2NO2. The fourth-order valence-corrected chi connectivity index (χ4v) is 2.71. The van der Waals surface area contributed by atoms with Gasteiger partial charge in [-0.3, -0.25) is 0 Å². The fraction of sp³-hybridized carbons (Fsp3) is 0.600. The number of hydrogen-bond donors (Lipinski definition) is 1. The summed E-state index contributed by atoms with van der Waals surface area (Å²) in [6.07, 6.45) is 0.473. The standard InChI is InChI=1S/C15H21F2NO2/c1-19-13-9-12(15(16)17)14(20-2)8-11(13)7-10-3-5-18-6-4-10/h8-10,15,18H,3-7H2,1-2H3. The van der Waals surface area contributed by atoms with E-state index in [9.17, 15) is 8.78 Å². The lowest BCUT2D eigenvalue weighted by molar-refractivity contribution is 0.146. The maximum absolute atomic E-state index is 13.0. The Morgan fingerprint density at radius 2 is 1.80 bits per heavy atom. The minimum absolute atomic E-state index is 0.113. The lowest BCUT2D eigenvalue weighted by Gasteiger charge is -2.24. The highest BCUT2D eigenvalue weighted by molar-refractivity contribution is 5.47. The van der Waals surface area contributed by atoms with Crippen LogP contribution in [-0.4, -0.2) is 27.3 Å². The molecule has 0 atom stereocenters. The van der Waals surface area contributed by atoms with Gasteiger partial charge in [-0.15, -0.1) is 0 Å². The van der Waals surface area contributed by atoms with E-state index in [0.29, 0.717) is 11.7 Å². The summed E-state index contributed by atoms with van der Waals surface area (Å²) in [5, 5.41) is 3.32. The van der Waals surface area contributed by atoms with Crippen LogP contribution in [0.3, 0.4) is 0 Å². The van der Waals surface area contributed by atoms with Crippen LogP contribution in [0.5, 0.6) is 11.5 Å². The highest BCUT2D eigenvalue weighted by Gasteiger charge is 2.21. The Morgan fingerprint density at radius 3 is 2.35 bits per heavy atom. The molecule has 0 aromatic heterocycles. The van der Waals surface area contributed by atoms with Crippen LogP contribution in [0.2, 0.25) is 0 Å². The molecule has 1 aliphatic rings. The number of rotatable bonds is 5. The summed E-state index contributed by atoms with van der Waals surface area (Å²) in [5.74, 6) is 1.33. The smallest absolute Gasteiger partial charge is 0.267 e. The summed E-state index contributed by atoms with van der Waals surface area (Å²) in [6.45, 7) is 2.03. The van der Waals surface area contributed by atoms with Gasteiger partial charge in [-0.05, 0) is 56.0 Å². The predicted octanol–water partition coefficient (Wildman–Crippen LogP) is 3.18. The molecule has 0 radical (unpaired) electrons. The van der Waals surface area contributed by atoms with E-state index in [2.05, 4.69) is 5.32 Å². The number of benzene rings is 1. The van der Waals surface area contributed by atoms with Crippen LogP contribution >= 0.6 is 0 Å². The molecule has 112 valence electrons. The highest BCUT2D eigenvalue weighted by Crippen LogP contribution is 2.36. The second kappa shape index (κ2) is 6.88. The zero-order valence-electron chi connectivity index (χ0n) is 11.9. The quantitative estimate of drug-likeness (QED) is 0.901.